The van der Waals surface area contributed by atoms with Crippen LogP contribution in [0.2, 0.25) is 0 Å². The Morgan fingerprint density at radius 1 is 1.11 bits per heavy atom. The van der Waals surface area contributed by atoms with Crippen molar-refractivity contribution < 1.29 is 14.0 Å². The van der Waals surface area contributed by atoms with E-state index in [2.05, 4.69) is 25.6 Å². The van der Waals surface area contributed by atoms with Crippen molar-refractivity contribution >= 4 is 34.5 Å². The number of halogens is 1. The van der Waals surface area contributed by atoms with Gasteiger partial charge in [0.1, 0.15) is 11.5 Å². The van der Waals surface area contributed by atoms with Crippen molar-refractivity contribution in [2.45, 2.75) is 39.5 Å². The maximum atomic E-state index is 13.8. The smallest absolute Gasteiger partial charge is 0.276 e. The molecule has 1 aliphatic rings. The molecule has 4 heterocycles. The van der Waals surface area contributed by atoms with E-state index in [0.717, 1.165) is 23.5 Å². The summed E-state index contributed by atoms with van der Waals surface area (Å²) in [6, 6.07) is 6.40. The van der Waals surface area contributed by atoms with E-state index in [-0.39, 0.29) is 23.5 Å². The number of piperidine rings is 1. The second-order valence-electron chi connectivity index (χ2n) is 8.75. The second-order valence-corrected chi connectivity index (χ2v) is 9.63. The maximum Gasteiger partial charge on any atom is 0.276 e. The number of hydrogen-bond donors (Lipinski definition) is 1. The van der Waals surface area contributed by atoms with Crippen LogP contribution in [0, 0.1) is 26.6 Å². The van der Waals surface area contributed by atoms with Crippen LogP contribution in [-0.2, 0) is 0 Å². The highest BCUT2D eigenvalue weighted by atomic mass is 32.1. The Balaban J connectivity index is 1.22. The number of likely N-dealkylation sites (tertiary alicyclic amines) is 1. The molecule has 1 N–H and O–H groups in total. The number of nitrogens with one attached hydrogen (secondary N) is 1. The number of rotatable bonds is 4. The molecule has 35 heavy (non-hydrogen) atoms. The number of thiazole rings is 1. The summed E-state index contributed by atoms with van der Waals surface area (Å²) in [5.74, 6) is -0.746. The van der Waals surface area contributed by atoms with Crippen LogP contribution in [0.3, 0.4) is 0 Å². The van der Waals surface area contributed by atoms with Gasteiger partial charge >= 0.3 is 0 Å². The van der Waals surface area contributed by atoms with Gasteiger partial charge in [-0.1, -0.05) is 6.07 Å². The summed E-state index contributed by atoms with van der Waals surface area (Å²) in [5.41, 5.74) is 3.61. The minimum Gasteiger partial charge on any atom is -0.337 e. The third-order valence-corrected chi connectivity index (χ3v) is 7.25. The Morgan fingerprint density at radius 3 is 2.63 bits per heavy atom. The topological polar surface area (TPSA) is 105 Å². The van der Waals surface area contributed by atoms with Crippen molar-refractivity contribution in [3.05, 3.63) is 68.8 Å². The predicted molar refractivity (Wildman–Crippen MR) is 129 cm³/mol. The minimum absolute atomic E-state index is 0.158. The Bertz CT molecular complexity index is 1440. The van der Waals surface area contributed by atoms with E-state index in [1.54, 1.807) is 33.9 Å². The number of hydrogen-bond acceptors (Lipinski definition) is 7. The number of fused-ring (bicyclic) bond motifs is 1. The highest BCUT2D eigenvalue weighted by molar-refractivity contribution is 7.10. The first-order valence-electron chi connectivity index (χ1n) is 11.3. The molecule has 1 fully saturated rings. The second kappa shape index (κ2) is 9.14. The molecular formula is C24H24FN7O2S. The van der Waals surface area contributed by atoms with Crippen molar-refractivity contribution in [2.75, 3.05) is 18.4 Å². The maximum absolute atomic E-state index is 13.8. The third kappa shape index (κ3) is 4.51. The van der Waals surface area contributed by atoms with E-state index in [1.807, 2.05) is 19.9 Å². The Labute approximate surface area is 205 Å². The molecule has 1 saturated heterocycles. The lowest BCUT2D eigenvalue weighted by Crippen LogP contribution is -2.39. The van der Waals surface area contributed by atoms with E-state index in [4.69, 9.17) is 0 Å². The summed E-state index contributed by atoms with van der Waals surface area (Å²) >= 11 is 1.43. The van der Waals surface area contributed by atoms with Gasteiger partial charge in [0.25, 0.3) is 11.8 Å². The lowest BCUT2D eigenvalue weighted by molar-refractivity contribution is 0.0704. The molecule has 0 bridgehead atoms. The molecule has 4 aromatic rings. The molecule has 0 spiro atoms. The van der Waals surface area contributed by atoms with Gasteiger partial charge < -0.3 is 10.2 Å². The minimum atomic E-state index is -0.373. The zero-order chi connectivity index (χ0) is 24.7. The van der Waals surface area contributed by atoms with Crippen LogP contribution in [0.1, 0.15) is 61.7 Å². The SMILES string of the molecule is Cc1cc2nnc(C(=O)N3CCC(c4nc(C(=O)Nc5ccc(C)c(F)c5)cs4)CC3)c(C)n2n1. The fourth-order valence-electron chi connectivity index (χ4n) is 4.20. The number of nitrogens with zero attached hydrogens (tertiary/aromatic N) is 6. The number of aryl methyl sites for hydroxylation is 3. The molecule has 11 heteroatoms. The average molecular weight is 494 g/mol. The van der Waals surface area contributed by atoms with Crippen LogP contribution in [0.25, 0.3) is 5.65 Å². The molecule has 2 amide bonds. The monoisotopic (exact) mass is 493 g/mol. The average Bonchev–Trinajstić information content (AvgIpc) is 3.49. The zero-order valence-electron chi connectivity index (χ0n) is 19.6. The van der Waals surface area contributed by atoms with Crippen molar-refractivity contribution in [2.24, 2.45) is 0 Å². The summed E-state index contributed by atoms with van der Waals surface area (Å²) in [7, 11) is 0. The molecule has 3 aromatic heterocycles. The van der Waals surface area contributed by atoms with E-state index in [1.165, 1.54) is 17.4 Å². The number of amides is 2. The fourth-order valence-corrected chi connectivity index (χ4v) is 5.17. The first-order chi connectivity index (χ1) is 16.8. The highest BCUT2D eigenvalue weighted by Crippen LogP contribution is 2.31. The molecule has 1 aliphatic heterocycles. The first kappa shape index (κ1) is 23.0. The Kier molecular flexibility index (Phi) is 6.01. The largest absolute Gasteiger partial charge is 0.337 e. The van der Waals surface area contributed by atoms with Crippen LogP contribution in [-0.4, -0.2) is 54.6 Å². The van der Waals surface area contributed by atoms with Crippen LogP contribution in [0.15, 0.2) is 29.6 Å². The van der Waals surface area contributed by atoms with Gasteiger partial charge in [0.15, 0.2) is 11.3 Å². The molecule has 0 atom stereocenters. The number of benzene rings is 1. The molecule has 9 nitrogen and oxygen atoms in total. The number of anilines is 1. The van der Waals surface area contributed by atoms with Crippen LogP contribution >= 0.6 is 11.3 Å². The number of carbonyl (C=O) groups is 2. The first-order valence-corrected chi connectivity index (χ1v) is 12.2. The van der Waals surface area contributed by atoms with Crippen molar-refractivity contribution in [1.82, 2.24) is 29.7 Å². The molecular weight excluding hydrogens is 469 g/mol. The molecule has 5 rings (SSSR count). The summed E-state index contributed by atoms with van der Waals surface area (Å²) in [6.07, 6.45) is 1.47. The van der Waals surface area contributed by atoms with Crippen LogP contribution in [0.4, 0.5) is 10.1 Å². The van der Waals surface area contributed by atoms with E-state index in [0.29, 0.717) is 47.1 Å². The van der Waals surface area contributed by atoms with Gasteiger partial charge in [-0.2, -0.15) is 5.10 Å². The predicted octanol–water partition coefficient (Wildman–Crippen LogP) is 3.92. The van der Waals surface area contributed by atoms with E-state index >= 15 is 0 Å². The van der Waals surface area contributed by atoms with Gasteiger partial charge in [-0.15, -0.1) is 21.5 Å². The van der Waals surface area contributed by atoms with E-state index in [9.17, 15) is 14.0 Å². The standard InChI is InChI=1S/C24H24FN7O2S/c1-13-4-5-17(11-18(13)25)26-22(33)19-12-35-23(27-19)16-6-8-31(9-7-16)24(34)21-15(3)32-20(28-29-21)10-14(2)30-32/h4-5,10-12,16H,6-9H2,1-3H3,(H,26,33). The van der Waals surface area contributed by atoms with Gasteiger partial charge in [0.2, 0.25) is 0 Å². The number of carbonyl (C=O) groups excluding carboxylic acids is 2. The summed E-state index contributed by atoms with van der Waals surface area (Å²) in [5, 5.41) is 18.0. The zero-order valence-corrected chi connectivity index (χ0v) is 20.4. The molecule has 0 saturated carbocycles. The molecule has 180 valence electrons. The van der Waals surface area contributed by atoms with Gasteiger partial charge in [-0.25, -0.2) is 13.9 Å². The van der Waals surface area contributed by atoms with Crippen molar-refractivity contribution in [1.29, 1.82) is 0 Å². The lowest BCUT2D eigenvalue weighted by Gasteiger charge is -2.31. The highest BCUT2D eigenvalue weighted by Gasteiger charge is 2.29. The van der Waals surface area contributed by atoms with E-state index < -0.39 is 0 Å². The molecule has 0 radical (unpaired) electrons. The molecule has 0 aliphatic carbocycles. The van der Waals surface area contributed by atoms with Gasteiger partial charge in [-0.05, 0) is 51.3 Å². The normalized spacial score (nSPS) is 14.5. The summed E-state index contributed by atoms with van der Waals surface area (Å²) in [4.78, 5) is 32.0. The van der Waals surface area contributed by atoms with Gasteiger partial charge in [0.05, 0.1) is 16.4 Å². The summed E-state index contributed by atoms with van der Waals surface area (Å²) in [6.45, 7) is 6.48. The Hall–Kier alpha value is -3.73. The van der Waals surface area contributed by atoms with Crippen LogP contribution in [0.5, 0.6) is 0 Å². The summed E-state index contributed by atoms with van der Waals surface area (Å²) < 4.78 is 15.4. The lowest BCUT2D eigenvalue weighted by atomic mass is 9.97. The fraction of sp³-hybridized carbons (Fsp3) is 0.333. The van der Waals surface area contributed by atoms with Gasteiger partial charge in [-0.3, -0.25) is 9.59 Å². The third-order valence-electron chi connectivity index (χ3n) is 6.24. The Morgan fingerprint density at radius 2 is 1.89 bits per heavy atom. The molecule has 0 unspecified atom stereocenters. The number of aromatic nitrogens is 5. The van der Waals surface area contributed by atoms with Crippen LogP contribution < -0.4 is 5.32 Å². The molecule has 1 aromatic carbocycles. The van der Waals surface area contributed by atoms with Crippen molar-refractivity contribution in [3.8, 4) is 0 Å². The van der Waals surface area contributed by atoms with Gasteiger partial charge in [0, 0.05) is 36.1 Å². The van der Waals surface area contributed by atoms with Crippen molar-refractivity contribution in [3.63, 3.8) is 0 Å². The quantitative estimate of drug-likeness (QED) is 0.462.